The first-order valence-electron chi connectivity index (χ1n) is 9.86. The monoisotopic (exact) mass is 358 g/mol. The van der Waals surface area contributed by atoms with Crippen LogP contribution in [-0.4, -0.2) is 10.2 Å². The van der Waals surface area contributed by atoms with Gasteiger partial charge in [0.1, 0.15) is 0 Å². The van der Waals surface area contributed by atoms with Gasteiger partial charge in [0.2, 0.25) is 0 Å². The highest BCUT2D eigenvalue weighted by molar-refractivity contribution is 5.60. The van der Waals surface area contributed by atoms with E-state index in [9.17, 15) is 8.78 Å². The zero-order valence-electron chi connectivity index (χ0n) is 15.8. The minimum atomic E-state index is -0.813. The molecule has 0 radical (unpaired) electrons. The summed E-state index contributed by atoms with van der Waals surface area (Å²) in [4.78, 5) is 0. The molecule has 0 amide bonds. The summed E-state index contributed by atoms with van der Waals surface area (Å²) in [7, 11) is 0. The Morgan fingerprint density at radius 2 is 1.58 bits per heavy atom. The van der Waals surface area contributed by atoms with Crippen molar-refractivity contribution in [2.75, 3.05) is 0 Å². The summed E-state index contributed by atoms with van der Waals surface area (Å²) in [5.41, 5.74) is 1.77. The van der Waals surface area contributed by atoms with Crippen LogP contribution in [0.5, 0.6) is 0 Å². The molecule has 1 saturated carbocycles. The number of hydrogen-bond acceptors (Lipinski definition) is 2. The quantitative estimate of drug-likeness (QED) is 0.608. The van der Waals surface area contributed by atoms with Crippen molar-refractivity contribution in [3.63, 3.8) is 0 Å². The molecule has 2 nitrogen and oxygen atoms in total. The van der Waals surface area contributed by atoms with E-state index in [1.807, 2.05) is 6.92 Å². The Labute approximate surface area is 155 Å². The molecule has 1 aromatic carbocycles. The maximum Gasteiger partial charge on any atom is 0.168 e. The third-order valence-electron chi connectivity index (χ3n) is 5.72. The summed E-state index contributed by atoms with van der Waals surface area (Å²) < 4.78 is 29.0. The topological polar surface area (TPSA) is 25.8 Å². The molecule has 1 aliphatic carbocycles. The van der Waals surface area contributed by atoms with Gasteiger partial charge < -0.3 is 0 Å². The van der Waals surface area contributed by atoms with Crippen LogP contribution in [0.3, 0.4) is 0 Å². The first-order valence-corrected chi connectivity index (χ1v) is 9.86. The normalized spacial score (nSPS) is 20.3. The molecule has 0 spiro atoms. The maximum absolute atomic E-state index is 14.5. The minimum Gasteiger partial charge on any atom is -0.203 e. The first kappa shape index (κ1) is 18.9. The highest BCUT2D eigenvalue weighted by atomic mass is 19.2. The molecule has 0 bridgehead atoms. The molecule has 0 saturated heterocycles. The predicted octanol–water partition coefficient (Wildman–Crippen LogP) is 6.27. The summed E-state index contributed by atoms with van der Waals surface area (Å²) in [6.45, 7) is 4.06. The molecule has 26 heavy (non-hydrogen) atoms. The molecule has 1 aromatic heterocycles. The van der Waals surface area contributed by atoms with Crippen LogP contribution in [0.4, 0.5) is 8.78 Å². The Bertz CT molecular complexity index is 720. The van der Waals surface area contributed by atoms with Gasteiger partial charge in [-0.3, -0.25) is 0 Å². The van der Waals surface area contributed by atoms with E-state index in [2.05, 4.69) is 17.1 Å². The fourth-order valence-electron chi connectivity index (χ4n) is 4.10. The van der Waals surface area contributed by atoms with Gasteiger partial charge in [-0.15, -0.1) is 0 Å². The van der Waals surface area contributed by atoms with Crippen LogP contribution in [0.1, 0.15) is 63.1 Å². The molecule has 0 unspecified atom stereocenters. The van der Waals surface area contributed by atoms with Crippen LogP contribution in [0.25, 0.3) is 11.3 Å². The fraction of sp³-hybridized carbons (Fsp3) is 0.545. The van der Waals surface area contributed by atoms with Gasteiger partial charge in [-0.1, -0.05) is 51.5 Å². The zero-order valence-corrected chi connectivity index (χ0v) is 15.8. The molecular weight excluding hydrogens is 330 g/mol. The van der Waals surface area contributed by atoms with Crippen molar-refractivity contribution in [2.24, 2.45) is 11.8 Å². The average molecular weight is 358 g/mol. The van der Waals surface area contributed by atoms with Crippen molar-refractivity contribution < 1.29 is 8.78 Å². The van der Waals surface area contributed by atoms with Crippen molar-refractivity contribution >= 4 is 0 Å². The Balaban J connectivity index is 1.63. The highest BCUT2D eigenvalue weighted by Crippen LogP contribution is 2.34. The summed E-state index contributed by atoms with van der Waals surface area (Å²) in [5.74, 6) is -0.0228. The third-order valence-corrected chi connectivity index (χ3v) is 5.72. The van der Waals surface area contributed by atoms with Crippen molar-refractivity contribution in [1.29, 1.82) is 0 Å². The summed E-state index contributed by atoms with van der Waals surface area (Å²) >= 11 is 0. The van der Waals surface area contributed by atoms with Crippen LogP contribution in [0, 0.1) is 30.4 Å². The minimum absolute atomic E-state index is 0.179. The number of benzene rings is 1. The maximum atomic E-state index is 14.5. The van der Waals surface area contributed by atoms with Gasteiger partial charge in [-0.2, -0.15) is 10.2 Å². The SMILES string of the molecule is CCCC1CCC(CCc2ccc(-c3ccc(C)nn3)c(F)c2F)CC1. The Hall–Kier alpha value is -1.84. The largest absolute Gasteiger partial charge is 0.203 e. The van der Waals surface area contributed by atoms with Gasteiger partial charge >= 0.3 is 0 Å². The molecule has 0 N–H and O–H groups in total. The molecule has 140 valence electrons. The number of rotatable bonds is 6. The van der Waals surface area contributed by atoms with Crippen LogP contribution in [-0.2, 0) is 6.42 Å². The van der Waals surface area contributed by atoms with E-state index in [0.29, 0.717) is 23.6 Å². The number of hydrogen-bond donors (Lipinski definition) is 0. The summed E-state index contributed by atoms with van der Waals surface area (Å²) in [6, 6.07) is 6.76. The Kier molecular flexibility index (Phi) is 6.33. The molecule has 0 atom stereocenters. The molecule has 1 fully saturated rings. The number of nitrogens with zero attached hydrogens (tertiary/aromatic N) is 2. The molecule has 1 heterocycles. The lowest BCUT2D eigenvalue weighted by atomic mass is 9.78. The van der Waals surface area contributed by atoms with E-state index in [1.165, 1.54) is 38.5 Å². The summed E-state index contributed by atoms with van der Waals surface area (Å²) in [5, 5.41) is 7.89. The molecule has 4 heteroatoms. The smallest absolute Gasteiger partial charge is 0.168 e. The number of aryl methyl sites for hydroxylation is 2. The highest BCUT2D eigenvalue weighted by Gasteiger charge is 2.22. The van der Waals surface area contributed by atoms with Crippen molar-refractivity contribution in [2.45, 2.75) is 65.2 Å². The molecule has 1 aliphatic rings. The fourth-order valence-corrected chi connectivity index (χ4v) is 4.10. The van der Waals surface area contributed by atoms with E-state index in [0.717, 1.165) is 18.0 Å². The summed E-state index contributed by atoms with van der Waals surface area (Å²) in [6.07, 6.45) is 9.18. The second-order valence-corrected chi connectivity index (χ2v) is 7.67. The average Bonchev–Trinajstić information content (AvgIpc) is 2.65. The predicted molar refractivity (Wildman–Crippen MR) is 101 cm³/mol. The van der Waals surface area contributed by atoms with E-state index >= 15 is 0 Å². The van der Waals surface area contributed by atoms with E-state index < -0.39 is 11.6 Å². The van der Waals surface area contributed by atoms with Gasteiger partial charge in [0, 0.05) is 5.56 Å². The lowest BCUT2D eigenvalue weighted by Crippen LogP contribution is -2.15. The lowest BCUT2D eigenvalue weighted by molar-refractivity contribution is 0.251. The Morgan fingerprint density at radius 3 is 2.19 bits per heavy atom. The van der Waals surface area contributed by atoms with Crippen LogP contribution < -0.4 is 0 Å². The van der Waals surface area contributed by atoms with Crippen LogP contribution in [0.15, 0.2) is 24.3 Å². The van der Waals surface area contributed by atoms with E-state index in [-0.39, 0.29) is 5.56 Å². The van der Waals surface area contributed by atoms with Gasteiger partial charge in [-0.25, -0.2) is 8.78 Å². The molecular formula is C22H28F2N2. The molecule has 2 aromatic rings. The lowest BCUT2D eigenvalue weighted by Gasteiger charge is -2.28. The second kappa shape index (κ2) is 8.70. The van der Waals surface area contributed by atoms with Gasteiger partial charge in [-0.05, 0) is 55.4 Å². The van der Waals surface area contributed by atoms with Crippen LogP contribution >= 0.6 is 0 Å². The zero-order chi connectivity index (χ0) is 18.5. The molecule has 3 rings (SSSR count). The first-order chi connectivity index (χ1) is 12.6. The van der Waals surface area contributed by atoms with Gasteiger partial charge in [0.25, 0.3) is 0 Å². The van der Waals surface area contributed by atoms with E-state index in [4.69, 9.17) is 0 Å². The second-order valence-electron chi connectivity index (χ2n) is 7.67. The molecule has 0 aliphatic heterocycles. The van der Waals surface area contributed by atoms with Crippen molar-refractivity contribution in [1.82, 2.24) is 10.2 Å². The van der Waals surface area contributed by atoms with Crippen LogP contribution in [0.2, 0.25) is 0 Å². The van der Waals surface area contributed by atoms with Gasteiger partial charge in [0.05, 0.1) is 11.4 Å². The number of halogens is 2. The van der Waals surface area contributed by atoms with E-state index in [1.54, 1.807) is 24.3 Å². The third kappa shape index (κ3) is 4.46. The van der Waals surface area contributed by atoms with Crippen molar-refractivity contribution in [3.05, 3.63) is 47.2 Å². The Morgan fingerprint density at radius 1 is 0.885 bits per heavy atom. The standard InChI is InChI=1S/C22H28F2N2/c1-3-4-16-6-8-17(9-7-16)10-11-18-12-13-19(22(24)21(18)23)20-14-5-15(2)25-26-20/h5,12-14,16-17H,3-4,6-11H2,1-2H3. The van der Waals surface area contributed by atoms with Gasteiger partial charge in [0.15, 0.2) is 11.6 Å². The van der Waals surface area contributed by atoms with Crippen molar-refractivity contribution in [3.8, 4) is 11.3 Å². The number of aromatic nitrogens is 2.